The Labute approximate surface area is 119 Å². The van der Waals surface area contributed by atoms with Crippen molar-refractivity contribution in [2.45, 2.75) is 32.5 Å². The maximum absolute atomic E-state index is 13.0. The van der Waals surface area contributed by atoms with Crippen LogP contribution in [0.3, 0.4) is 0 Å². The zero-order chi connectivity index (χ0) is 16.2. The minimum atomic E-state index is -4.66. The van der Waals surface area contributed by atoms with Crippen molar-refractivity contribution in [3.8, 4) is 0 Å². The predicted molar refractivity (Wildman–Crippen MR) is 72.6 cm³/mol. The number of amides is 2. The van der Waals surface area contributed by atoms with E-state index in [4.69, 9.17) is 5.73 Å². The Kier molecular flexibility index (Phi) is 5.31. The maximum atomic E-state index is 13.0. The van der Waals surface area contributed by atoms with Crippen LogP contribution >= 0.6 is 0 Å². The minimum absolute atomic E-state index is 0.0000156. The molecule has 0 radical (unpaired) electrons. The highest BCUT2D eigenvalue weighted by Crippen LogP contribution is 2.36. The zero-order valence-corrected chi connectivity index (χ0v) is 11.5. The first-order valence-electron chi connectivity index (χ1n) is 6.14. The maximum Gasteiger partial charge on any atom is 0.418 e. The van der Waals surface area contributed by atoms with Crippen LogP contribution < -0.4 is 16.4 Å². The number of hydrogen-bond acceptors (Lipinski definition) is 3. The number of rotatable bonds is 4. The third-order valence-corrected chi connectivity index (χ3v) is 2.43. The fraction of sp³-hybridized carbons (Fsp3) is 0.385. The second-order valence-corrected chi connectivity index (χ2v) is 4.67. The van der Waals surface area contributed by atoms with E-state index >= 15 is 0 Å². The van der Waals surface area contributed by atoms with Gasteiger partial charge in [-0.15, -0.1) is 0 Å². The second kappa shape index (κ2) is 6.57. The molecule has 1 unspecified atom stereocenters. The van der Waals surface area contributed by atoms with E-state index in [9.17, 15) is 22.8 Å². The van der Waals surface area contributed by atoms with E-state index in [2.05, 4.69) is 10.6 Å². The van der Waals surface area contributed by atoms with Crippen molar-refractivity contribution in [3.63, 3.8) is 0 Å². The number of nitrogens with two attached hydrogens (primary N) is 1. The molecule has 0 bridgehead atoms. The number of carbonyl (C=O) groups is 2. The Morgan fingerprint density at radius 1 is 1.29 bits per heavy atom. The summed E-state index contributed by atoms with van der Waals surface area (Å²) in [5.41, 5.74) is 4.01. The predicted octanol–water partition coefficient (Wildman–Crippen LogP) is 2.34. The number of hydrogen-bond donors (Lipinski definition) is 3. The topological polar surface area (TPSA) is 84.2 Å². The van der Waals surface area contributed by atoms with Gasteiger partial charge in [0.05, 0.1) is 11.3 Å². The van der Waals surface area contributed by atoms with E-state index in [1.807, 2.05) is 0 Å². The molecule has 116 valence electrons. The smallest absolute Gasteiger partial charge is 0.327 e. The van der Waals surface area contributed by atoms with Gasteiger partial charge in [0.15, 0.2) is 0 Å². The molecule has 0 spiro atoms. The molecule has 0 aliphatic carbocycles. The van der Waals surface area contributed by atoms with E-state index < -0.39 is 29.6 Å². The van der Waals surface area contributed by atoms with Gasteiger partial charge in [0, 0.05) is 25.1 Å². The van der Waals surface area contributed by atoms with Gasteiger partial charge in [-0.05, 0) is 25.1 Å². The average Bonchev–Trinajstić information content (AvgIpc) is 2.27. The number of halogens is 3. The van der Waals surface area contributed by atoms with Crippen LogP contribution in [0.1, 0.15) is 25.8 Å². The summed E-state index contributed by atoms with van der Waals surface area (Å²) in [6.07, 6.45) is -4.75. The molecule has 0 saturated carbocycles. The highest BCUT2D eigenvalue weighted by molar-refractivity contribution is 5.93. The Hall–Kier alpha value is -2.09. The van der Waals surface area contributed by atoms with Gasteiger partial charge in [-0.25, -0.2) is 0 Å². The van der Waals surface area contributed by atoms with Gasteiger partial charge in [-0.1, -0.05) is 0 Å². The summed E-state index contributed by atoms with van der Waals surface area (Å²) in [6, 6.07) is 2.67. The quantitative estimate of drug-likeness (QED) is 0.798. The molecular formula is C13H16F3N3O2. The number of alkyl halides is 3. The van der Waals surface area contributed by atoms with Gasteiger partial charge in [0.1, 0.15) is 0 Å². The lowest BCUT2D eigenvalue weighted by Crippen LogP contribution is -2.25. The third kappa shape index (κ3) is 5.42. The van der Waals surface area contributed by atoms with Crippen LogP contribution in [-0.4, -0.2) is 17.9 Å². The molecule has 0 fully saturated rings. The van der Waals surface area contributed by atoms with Gasteiger partial charge in [-0.3, -0.25) is 9.59 Å². The largest absolute Gasteiger partial charge is 0.418 e. The lowest BCUT2D eigenvalue weighted by Gasteiger charge is -2.16. The van der Waals surface area contributed by atoms with Gasteiger partial charge < -0.3 is 16.4 Å². The van der Waals surface area contributed by atoms with Crippen LogP contribution in [-0.2, 0) is 15.8 Å². The van der Waals surface area contributed by atoms with Crippen molar-refractivity contribution in [3.05, 3.63) is 23.8 Å². The van der Waals surface area contributed by atoms with Crippen molar-refractivity contribution in [2.24, 2.45) is 5.73 Å². The van der Waals surface area contributed by atoms with Gasteiger partial charge in [0.2, 0.25) is 11.8 Å². The summed E-state index contributed by atoms with van der Waals surface area (Å²) >= 11 is 0. The number of carbonyl (C=O) groups excluding carboxylic acids is 2. The van der Waals surface area contributed by atoms with E-state index in [1.165, 1.54) is 13.0 Å². The van der Waals surface area contributed by atoms with Gasteiger partial charge in [0.25, 0.3) is 0 Å². The highest BCUT2D eigenvalue weighted by atomic mass is 19.4. The molecule has 2 amide bonds. The Bertz CT molecular complexity index is 542. The summed E-state index contributed by atoms with van der Waals surface area (Å²) < 4.78 is 39.0. The first kappa shape index (κ1) is 17.0. The molecule has 0 saturated heterocycles. The number of benzene rings is 1. The van der Waals surface area contributed by atoms with Crippen LogP contribution in [0.5, 0.6) is 0 Å². The van der Waals surface area contributed by atoms with Crippen molar-refractivity contribution in [1.82, 2.24) is 0 Å². The van der Waals surface area contributed by atoms with Crippen LogP contribution in [0.25, 0.3) is 0 Å². The van der Waals surface area contributed by atoms with E-state index in [0.29, 0.717) is 0 Å². The lowest BCUT2D eigenvalue weighted by atomic mass is 10.1. The molecule has 1 aromatic carbocycles. The second-order valence-electron chi connectivity index (χ2n) is 4.67. The monoisotopic (exact) mass is 303 g/mol. The van der Waals surface area contributed by atoms with Crippen LogP contribution in [0.4, 0.5) is 24.5 Å². The molecule has 1 rings (SSSR count). The van der Waals surface area contributed by atoms with Gasteiger partial charge >= 0.3 is 6.18 Å². The first-order valence-corrected chi connectivity index (χ1v) is 6.14. The van der Waals surface area contributed by atoms with Crippen molar-refractivity contribution < 1.29 is 22.8 Å². The summed E-state index contributed by atoms with van der Waals surface area (Å²) in [5, 5.41) is 4.44. The third-order valence-electron chi connectivity index (χ3n) is 2.43. The summed E-state index contributed by atoms with van der Waals surface area (Å²) in [4.78, 5) is 22.4. The average molecular weight is 303 g/mol. The summed E-state index contributed by atoms with van der Waals surface area (Å²) in [7, 11) is 0. The number of nitrogens with one attached hydrogen (secondary N) is 2. The molecule has 21 heavy (non-hydrogen) atoms. The molecule has 0 aliphatic heterocycles. The van der Waals surface area contributed by atoms with Crippen molar-refractivity contribution >= 4 is 23.2 Å². The van der Waals surface area contributed by atoms with E-state index in [0.717, 1.165) is 12.1 Å². The van der Waals surface area contributed by atoms with E-state index in [-0.39, 0.29) is 17.8 Å². The van der Waals surface area contributed by atoms with E-state index in [1.54, 1.807) is 6.92 Å². The molecule has 1 aromatic rings. The highest BCUT2D eigenvalue weighted by Gasteiger charge is 2.34. The van der Waals surface area contributed by atoms with Crippen molar-refractivity contribution in [2.75, 3.05) is 10.6 Å². The molecular weight excluding hydrogens is 287 g/mol. The molecule has 8 heteroatoms. The first-order chi connectivity index (χ1) is 9.59. The Morgan fingerprint density at radius 2 is 1.90 bits per heavy atom. The van der Waals surface area contributed by atoms with Crippen LogP contribution in [0.15, 0.2) is 18.2 Å². The fourth-order valence-corrected chi connectivity index (χ4v) is 1.66. The molecule has 1 atom stereocenters. The molecule has 0 aromatic heterocycles. The summed E-state index contributed by atoms with van der Waals surface area (Å²) in [6.45, 7) is 2.76. The Morgan fingerprint density at radius 3 is 2.38 bits per heavy atom. The molecule has 5 nitrogen and oxygen atoms in total. The lowest BCUT2D eigenvalue weighted by molar-refractivity contribution is -0.137. The molecule has 0 heterocycles. The van der Waals surface area contributed by atoms with Gasteiger partial charge in [-0.2, -0.15) is 13.2 Å². The minimum Gasteiger partial charge on any atom is -0.327 e. The Balaban J connectivity index is 3.08. The van der Waals surface area contributed by atoms with Crippen molar-refractivity contribution in [1.29, 1.82) is 0 Å². The number of anilines is 2. The normalized spacial score (nSPS) is 12.7. The SMILES string of the molecule is CC(=O)Nc1ccc(NC(=O)CC(C)N)c(C(F)(F)F)c1. The van der Waals surface area contributed by atoms with Crippen LogP contribution in [0.2, 0.25) is 0 Å². The summed E-state index contributed by atoms with van der Waals surface area (Å²) in [5.74, 6) is -1.10. The fourth-order valence-electron chi connectivity index (χ4n) is 1.66. The molecule has 0 aliphatic rings. The standard InChI is InChI=1S/C13H16F3N3O2/c1-7(17)5-12(21)19-11-4-3-9(18-8(2)20)6-10(11)13(14,15)16/h3-4,6-7H,5,17H2,1-2H3,(H,18,20)(H,19,21). The zero-order valence-electron chi connectivity index (χ0n) is 11.5. The van der Waals surface area contributed by atoms with Crippen LogP contribution in [0, 0.1) is 0 Å². The molecule has 4 N–H and O–H groups in total.